The highest BCUT2D eigenvalue weighted by Crippen LogP contribution is 2.35. The molecule has 0 atom stereocenters. The first-order valence-electron chi connectivity index (χ1n) is 10.3. The van der Waals surface area contributed by atoms with E-state index in [1.165, 1.54) is 0 Å². The van der Waals surface area contributed by atoms with Crippen molar-refractivity contribution in [1.82, 2.24) is 14.9 Å². The molecule has 0 radical (unpaired) electrons. The third-order valence-electron chi connectivity index (χ3n) is 5.92. The first-order chi connectivity index (χ1) is 15.7. The summed E-state index contributed by atoms with van der Waals surface area (Å²) in [6.07, 6.45) is 3.67. The Balaban J connectivity index is 1.45. The predicted octanol–water partition coefficient (Wildman–Crippen LogP) is 5.24. The summed E-state index contributed by atoms with van der Waals surface area (Å²) in [6.45, 7) is 0. The molecule has 5 nitrogen and oxygen atoms in total. The Morgan fingerprint density at radius 3 is 2.16 bits per heavy atom. The SMILES string of the molecule is O=C1NC(=O)c2ccc(-c3ccc(-n4cncc4-c4ccccc4)cc3)c3cccc1c23. The van der Waals surface area contributed by atoms with E-state index < -0.39 is 0 Å². The molecule has 5 heteroatoms. The van der Waals surface area contributed by atoms with Crippen LogP contribution in [-0.2, 0) is 0 Å². The van der Waals surface area contributed by atoms with Crippen LogP contribution >= 0.6 is 0 Å². The van der Waals surface area contributed by atoms with Crippen LogP contribution < -0.4 is 5.32 Å². The van der Waals surface area contributed by atoms with E-state index in [1.54, 1.807) is 12.1 Å². The average Bonchev–Trinajstić information content (AvgIpc) is 3.33. The first-order valence-corrected chi connectivity index (χ1v) is 10.3. The minimum absolute atomic E-state index is 0.353. The maximum Gasteiger partial charge on any atom is 0.258 e. The van der Waals surface area contributed by atoms with E-state index in [4.69, 9.17) is 0 Å². The van der Waals surface area contributed by atoms with Gasteiger partial charge in [0.1, 0.15) is 0 Å². The molecule has 0 fully saturated rings. The summed E-state index contributed by atoms with van der Waals surface area (Å²) >= 11 is 0. The lowest BCUT2D eigenvalue weighted by molar-refractivity contribution is 0.0845. The maximum absolute atomic E-state index is 12.3. The highest BCUT2D eigenvalue weighted by atomic mass is 16.2. The molecule has 32 heavy (non-hydrogen) atoms. The van der Waals surface area contributed by atoms with Gasteiger partial charge in [-0.3, -0.25) is 19.5 Å². The minimum Gasteiger partial charge on any atom is -0.299 e. The monoisotopic (exact) mass is 415 g/mol. The highest BCUT2D eigenvalue weighted by Gasteiger charge is 2.25. The Kier molecular flexibility index (Phi) is 4.01. The van der Waals surface area contributed by atoms with Gasteiger partial charge in [-0.25, -0.2) is 4.98 Å². The molecular weight excluding hydrogens is 398 g/mol. The van der Waals surface area contributed by atoms with Crippen molar-refractivity contribution in [3.8, 4) is 28.1 Å². The molecule has 1 aliphatic rings. The van der Waals surface area contributed by atoms with Gasteiger partial charge in [0.05, 0.1) is 18.2 Å². The Bertz CT molecular complexity index is 1500. The number of nitrogens with zero attached hydrogens (tertiary/aromatic N) is 2. The molecule has 1 N–H and O–H groups in total. The average molecular weight is 415 g/mol. The number of benzene rings is 4. The number of hydrogen-bond donors (Lipinski definition) is 1. The quantitative estimate of drug-likeness (QED) is 0.410. The van der Waals surface area contributed by atoms with Crippen LogP contribution in [0.1, 0.15) is 20.7 Å². The molecule has 1 aliphatic heterocycles. The third-order valence-corrected chi connectivity index (χ3v) is 5.92. The molecule has 0 unspecified atom stereocenters. The predicted molar refractivity (Wildman–Crippen MR) is 124 cm³/mol. The lowest BCUT2D eigenvalue weighted by Crippen LogP contribution is -2.34. The lowest BCUT2D eigenvalue weighted by atomic mass is 9.90. The smallest absolute Gasteiger partial charge is 0.258 e. The topological polar surface area (TPSA) is 64.0 Å². The second-order valence-electron chi connectivity index (χ2n) is 7.73. The molecule has 1 aromatic heterocycles. The molecule has 0 saturated carbocycles. The van der Waals surface area contributed by atoms with Crippen molar-refractivity contribution in [2.75, 3.05) is 0 Å². The number of aromatic nitrogens is 2. The van der Waals surface area contributed by atoms with Crippen LogP contribution in [0.25, 0.3) is 38.8 Å². The number of imidazole rings is 1. The van der Waals surface area contributed by atoms with Gasteiger partial charge in [-0.1, -0.05) is 60.7 Å². The van der Waals surface area contributed by atoms with Crippen LogP contribution in [0.2, 0.25) is 0 Å². The molecule has 152 valence electrons. The second-order valence-corrected chi connectivity index (χ2v) is 7.73. The van der Waals surface area contributed by atoms with Gasteiger partial charge in [0.25, 0.3) is 11.8 Å². The van der Waals surface area contributed by atoms with Gasteiger partial charge < -0.3 is 0 Å². The summed E-state index contributed by atoms with van der Waals surface area (Å²) in [5.74, 6) is -0.705. The first kappa shape index (κ1) is 18.3. The number of carbonyl (C=O) groups is 2. The molecular formula is C27H17N3O2. The number of hydrogen-bond acceptors (Lipinski definition) is 3. The van der Waals surface area contributed by atoms with Crippen LogP contribution in [0.5, 0.6) is 0 Å². The van der Waals surface area contributed by atoms with Gasteiger partial charge in [-0.05, 0) is 40.8 Å². The summed E-state index contributed by atoms with van der Waals surface area (Å²) < 4.78 is 2.06. The van der Waals surface area contributed by atoms with Gasteiger partial charge in [-0.15, -0.1) is 0 Å². The van der Waals surface area contributed by atoms with Crippen molar-refractivity contribution >= 4 is 22.6 Å². The van der Waals surface area contributed by atoms with Crippen LogP contribution in [0.15, 0.2) is 97.5 Å². The minimum atomic E-state index is -0.353. The number of rotatable bonds is 3. The summed E-state index contributed by atoms with van der Waals surface area (Å²) in [7, 11) is 0. The van der Waals surface area contributed by atoms with E-state index in [1.807, 2.05) is 48.9 Å². The zero-order valence-electron chi connectivity index (χ0n) is 16.9. The standard InChI is InChI=1S/C27H17N3O2/c31-26-22-8-4-7-21-20(13-14-23(25(21)22)27(32)29-26)17-9-11-19(12-10-17)30-16-28-15-24(30)18-5-2-1-3-6-18/h1-16H,(H,29,31,32). The van der Waals surface area contributed by atoms with Crippen molar-refractivity contribution in [2.45, 2.75) is 0 Å². The summed E-state index contributed by atoms with van der Waals surface area (Å²) in [5.41, 5.74) is 6.17. The molecule has 0 bridgehead atoms. The molecule has 2 amide bonds. The Morgan fingerprint density at radius 1 is 0.656 bits per heavy atom. The molecule has 2 heterocycles. The summed E-state index contributed by atoms with van der Waals surface area (Å²) in [4.78, 5) is 29.0. The Labute approximate surface area is 184 Å². The fraction of sp³-hybridized carbons (Fsp3) is 0. The fourth-order valence-electron chi connectivity index (χ4n) is 4.40. The molecule has 4 aromatic carbocycles. The van der Waals surface area contributed by atoms with Crippen LogP contribution in [0.3, 0.4) is 0 Å². The number of carbonyl (C=O) groups excluding carboxylic acids is 2. The van der Waals surface area contributed by atoms with Crippen molar-refractivity contribution in [2.24, 2.45) is 0 Å². The van der Waals surface area contributed by atoms with E-state index >= 15 is 0 Å². The van der Waals surface area contributed by atoms with Crippen molar-refractivity contribution in [1.29, 1.82) is 0 Å². The van der Waals surface area contributed by atoms with Gasteiger partial charge in [-0.2, -0.15) is 0 Å². The van der Waals surface area contributed by atoms with E-state index in [0.29, 0.717) is 16.5 Å². The van der Waals surface area contributed by atoms with E-state index in [2.05, 4.69) is 51.3 Å². The van der Waals surface area contributed by atoms with Crippen LogP contribution in [-0.4, -0.2) is 21.4 Å². The van der Waals surface area contributed by atoms with E-state index in [9.17, 15) is 9.59 Å². The zero-order valence-corrected chi connectivity index (χ0v) is 16.9. The van der Waals surface area contributed by atoms with Crippen LogP contribution in [0.4, 0.5) is 0 Å². The van der Waals surface area contributed by atoms with Crippen molar-refractivity contribution in [3.63, 3.8) is 0 Å². The normalized spacial score (nSPS) is 12.8. The molecule has 0 spiro atoms. The van der Waals surface area contributed by atoms with Gasteiger partial charge in [0.15, 0.2) is 0 Å². The largest absolute Gasteiger partial charge is 0.299 e. The number of amides is 2. The molecule has 5 aromatic rings. The molecule has 0 saturated heterocycles. The van der Waals surface area contributed by atoms with Gasteiger partial charge in [0.2, 0.25) is 0 Å². The lowest BCUT2D eigenvalue weighted by Gasteiger charge is -2.18. The van der Waals surface area contributed by atoms with Gasteiger partial charge >= 0.3 is 0 Å². The Hall–Kier alpha value is -4.51. The van der Waals surface area contributed by atoms with Gasteiger partial charge in [0, 0.05) is 27.8 Å². The highest BCUT2D eigenvalue weighted by molar-refractivity contribution is 6.27. The number of nitrogens with one attached hydrogen (secondary N) is 1. The molecule has 0 aliphatic carbocycles. The molecule has 6 rings (SSSR count). The van der Waals surface area contributed by atoms with E-state index in [-0.39, 0.29) is 11.8 Å². The van der Waals surface area contributed by atoms with E-state index in [0.717, 1.165) is 33.5 Å². The maximum atomic E-state index is 12.3. The van der Waals surface area contributed by atoms with Crippen molar-refractivity contribution in [3.05, 3.63) is 109 Å². The van der Waals surface area contributed by atoms with Crippen LogP contribution in [0, 0.1) is 0 Å². The zero-order chi connectivity index (χ0) is 21.7. The third kappa shape index (κ3) is 2.76. The summed E-state index contributed by atoms with van der Waals surface area (Å²) in [6, 6.07) is 27.7. The summed E-state index contributed by atoms with van der Waals surface area (Å²) in [5, 5.41) is 4.01. The second kappa shape index (κ2) is 7.03. The van der Waals surface area contributed by atoms with Crippen molar-refractivity contribution < 1.29 is 9.59 Å². The fourth-order valence-corrected chi connectivity index (χ4v) is 4.40. The number of imide groups is 1. The Morgan fingerprint density at radius 2 is 1.38 bits per heavy atom.